The summed E-state index contributed by atoms with van der Waals surface area (Å²) < 4.78 is 42.4. The zero-order valence-electron chi connectivity index (χ0n) is 21.0. The topological polar surface area (TPSA) is 100 Å². The molecular formula is C23H35F3N8O. The Labute approximate surface area is 203 Å². The minimum Gasteiger partial charge on any atom is -0.369 e. The van der Waals surface area contributed by atoms with Gasteiger partial charge in [-0.1, -0.05) is 20.8 Å². The summed E-state index contributed by atoms with van der Waals surface area (Å²) in [7, 11) is 2.09. The molecule has 12 heteroatoms. The van der Waals surface area contributed by atoms with Crippen LogP contribution in [0.25, 0.3) is 0 Å². The number of piperidine rings is 1. The maximum atomic E-state index is 13.5. The molecule has 2 aromatic rings. The molecule has 0 spiro atoms. The Morgan fingerprint density at radius 2 is 1.86 bits per heavy atom. The third-order valence-corrected chi connectivity index (χ3v) is 5.93. The van der Waals surface area contributed by atoms with Crippen molar-refractivity contribution in [2.24, 2.45) is 5.41 Å². The van der Waals surface area contributed by atoms with Crippen LogP contribution in [0, 0.1) is 12.3 Å². The minimum atomic E-state index is -4.60. The van der Waals surface area contributed by atoms with Crippen LogP contribution in [0.2, 0.25) is 0 Å². The molecule has 0 saturated carbocycles. The number of aromatic nitrogens is 4. The number of nitrogens with one attached hydrogen (secondary N) is 3. The maximum Gasteiger partial charge on any atom is 0.421 e. The molecule has 9 nitrogen and oxygen atoms in total. The Morgan fingerprint density at radius 3 is 2.49 bits per heavy atom. The summed E-state index contributed by atoms with van der Waals surface area (Å²) in [5.41, 5.74) is -0.0970. The van der Waals surface area contributed by atoms with Gasteiger partial charge in [-0.25, -0.2) is 4.98 Å². The first kappa shape index (κ1) is 26.7. The van der Waals surface area contributed by atoms with Crippen molar-refractivity contribution in [3.8, 4) is 0 Å². The van der Waals surface area contributed by atoms with E-state index in [9.17, 15) is 18.0 Å². The summed E-state index contributed by atoms with van der Waals surface area (Å²) in [5, 5.41) is 13.1. The van der Waals surface area contributed by atoms with Gasteiger partial charge in [-0.05, 0) is 46.3 Å². The van der Waals surface area contributed by atoms with E-state index in [4.69, 9.17) is 0 Å². The van der Waals surface area contributed by atoms with Gasteiger partial charge in [0.05, 0.1) is 17.4 Å². The van der Waals surface area contributed by atoms with Crippen molar-refractivity contribution >= 4 is 23.4 Å². The molecule has 0 aromatic carbocycles. The van der Waals surface area contributed by atoms with Crippen molar-refractivity contribution in [3.63, 3.8) is 0 Å². The number of nitrogens with zero attached hydrogens (tertiary/aromatic N) is 5. The van der Waals surface area contributed by atoms with Crippen LogP contribution in [0.5, 0.6) is 0 Å². The molecule has 2 aromatic heterocycles. The quantitative estimate of drug-likeness (QED) is 0.476. The summed E-state index contributed by atoms with van der Waals surface area (Å²) in [5.74, 6) is -0.372. The van der Waals surface area contributed by atoms with Gasteiger partial charge in [-0.2, -0.15) is 23.3 Å². The lowest BCUT2D eigenvalue weighted by Gasteiger charge is -2.28. The van der Waals surface area contributed by atoms with Gasteiger partial charge in [0.1, 0.15) is 11.4 Å². The van der Waals surface area contributed by atoms with E-state index in [1.165, 1.54) is 0 Å². The van der Waals surface area contributed by atoms with Crippen molar-refractivity contribution in [2.75, 3.05) is 43.9 Å². The highest BCUT2D eigenvalue weighted by Crippen LogP contribution is 2.34. The van der Waals surface area contributed by atoms with E-state index in [-0.39, 0.29) is 30.3 Å². The van der Waals surface area contributed by atoms with Crippen LogP contribution in [0.1, 0.15) is 57.3 Å². The van der Waals surface area contributed by atoms with Gasteiger partial charge < -0.3 is 20.9 Å². The molecule has 3 heterocycles. The van der Waals surface area contributed by atoms with E-state index < -0.39 is 17.2 Å². The zero-order chi connectivity index (χ0) is 25.8. The fourth-order valence-corrected chi connectivity index (χ4v) is 3.72. The highest BCUT2D eigenvalue weighted by atomic mass is 19.4. The minimum absolute atomic E-state index is 0.0487. The van der Waals surface area contributed by atoms with E-state index >= 15 is 0 Å². The molecule has 194 valence electrons. The largest absolute Gasteiger partial charge is 0.421 e. The molecule has 0 aliphatic carbocycles. The summed E-state index contributed by atoms with van der Waals surface area (Å²) in [6, 6.07) is 0.282. The van der Waals surface area contributed by atoms with Gasteiger partial charge >= 0.3 is 6.18 Å². The Kier molecular flexibility index (Phi) is 8.24. The number of likely N-dealkylation sites (tertiary alicyclic amines) is 1. The number of alkyl halides is 3. The van der Waals surface area contributed by atoms with E-state index in [1.54, 1.807) is 20.8 Å². The van der Waals surface area contributed by atoms with Gasteiger partial charge in [-0.3, -0.25) is 9.48 Å². The molecule has 3 N–H and O–H groups in total. The fraction of sp³-hybridized carbons (Fsp3) is 0.652. The summed E-state index contributed by atoms with van der Waals surface area (Å²) in [4.78, 5) is 22.2. The van der Waals surface area contributed by atoms with Crippen molar-refractivity contribution in [1.29, 1.82) is 0 Å². The molecule has 0 atom stereocenters. The number of rotatable bonds is 8. The molecule has 1 saturated heterocycles. The molecule has 0 radical (unpaired) electrons. The molecule has 0 unspecified atom stereocenters. The average Bonchev–Trinajstić information content (AvgIpc) is 3.12. The van der Waals surface area contributed by atoms with Crippen molar-refractivity contribution < 1.29 is 18.0 Å². The Bertz CT molecular complexity index is 1010. The number of halogens is 3. The van der Waals surface area contributed by atoms with E-state index in [2.05, 4.69) is 43.0 Å². The first-order chi connectivity index (χ1) is 16.3. The fourth-order valence-electron chi connectivity index (χ4n) is 3.72. The zero-order valence-corrected chi connectivity index (χ0v) is 21.0. The molecule has 1 amide bonds. The second kappa shape index (κ2) is 10.8. The molecule has 1 aliphatic rings. The number of carbonyl (C=O) groups excluding carboxylic acids is 1. The lowest BCUT2D eigenvalue weighted by Crippen LogP contribution is -2.35. The smallest absolute Gasteiger partial charge is 0.369 e. The first-order valence-electron chi connectivity index (χ1n) is 11.8. The van der Waals surface area contributed by atoms with Gasteiger partial charge in [0.15, 0.2) is 0 Å². The SMILES string of the molecule is Cc1nn(C2CCN(C)CC2)cc1Nc1ncc(C(F)(F)F)c(NCCCNC(=O)C(C)(C)C)n1. The average molecular weight is 497 g/mol. The van der Waals surface area contributed by atoms with Gasteiger partial charge in [0.25, 0.3) is 0 Å². The van der Waals surface area contributed by atoms with Crippen LogP contribution >= 0.6 is 0 Å². The highest BCUT2D eigenvalue weighted by molar-refractivity contribution is 5.81. The van der Waals surface area contributed by atoms with Crippen molar-refractivity contribution in [2.45, 2.75) is 59.2 Å². The van der Waals surface area contributed by atoms with Crippen molar-refractivity contribution in [1.82, 2.24) is 30.0 Å². The predicted octanol–water partition coefficient (Wildman–Crippen LogP) is 3.97. The molecule has 3 rings (SSSR count). The van der Waals surface area contributed by atoms with Gasteiger partial charge in [-0.15, -0.1) is 0 Å². The first-order valence-corrected chi connectivity index (χ1v) is 11.8. The number of aryl methyl sites for hydroxylation is 1. The molecular weight excluding hydrogens is 461 g/mol. The standard InChI is InChI=1S/C23H35F3N8O/c1-15-18(14-34(32-15)16-7-11-33(5)12-8-16)30-21-29-13-17(23(24,25)26)19(31-21)27-9-6-10-28-20(35)22(2,3)4/h13-14,16H,6-12H2,1-5H3,(H,28,35)(H2,27,29,30,31). The van der Waals surface area contributed by atoms with Crippen LogP contribution in [-0.4, -0.2) is 63.8 Å². The number of hydrogen-bond donors (Lipinski definition) is 3. The van der Waals surface area contributed by atoms with Crippen LogP contribution in [0.15, 0.2) is 12.4 Å². The van der Waals surface area contributed by atoms with Crippen LogP contribution in [0.4, 0.5) is 30.6 Å². The Balaban J connectivity index is 1.67. The number of carbonyl (C=O) groups is 1. The van der Waals surface area contributed by atoms with Crippen LogP contribution in [0.3, 0.4) is 0 Å². The monoisotopic (exact) mass is 496 g/mol. The van der Waals surface area contributed by atoms with Crippen molar-refractivity contribution in [3.05, 3.63) is 23.7 Å². The van der Waals surface area contributed by atoms with E-state index in [0.717, 1.165) is 37.8 Å². The van der Waals surface area contributed by atoms with Gasteiger partial charge in [0, 0.05) is 30.9 Å². The lowest BCUT2D eigenvalue weighted by atomic mass is 9.96. The normalized spacial score (nSPS) is 15.8. The van der Waals surface area contributed by atoms with Gasteiger partial charge in [0.2, 0.25) is 11.9 Å². The Hall–Kier alpha value is -2.89. The van der Waals surface area contributed by atoms with E-state index in [0.29, 0.717) is 18.7 Å². The molecule has 1 fully saturated rings. The predicted molar refractivity (Wildman–Crippen MR) is 129 cm³/mol. The third-order valence-electron chi connectivity index (χ3n) is 5.93. The van der Waals surface area contributed by atoms with Crippen LogP contribution in [-0.2, 0) is 11.0 Å². The van der Waals surface area contributed by atoms with E-state index in [1.807, 2.05) is 17.8 Å². The number of hydrogen-bond acceptors (Lipinski definition) is 7. The lowest BCUT2D eigenvalue weighted by molar-refractivity contribution is -0.137. The maximum absolute atomic E-state index is 13.5. The number of amides is 1. The summed E-state index contributed by atoms with van der Waals surface area (Å²) >= 11 is 0. The highest BCUT2D eigenvalue weighted by Gasteiger charge is 2.35. The molecule has 0 bridgehead atoms. The second-order valence-corrected chi connectivity index (χ2v) is 10.0. The molecule has 35 heavy (non-hydrogen) atoms. The third kappa shape index (κ3) is 7.30. The van der Waals surface area contributed by atoms with Crippen LogP contribution < -0.4 is 16.0 Å². The summed E-state index contributed by atoms with van der Waals surface area (Å²) in [6.45, 7) is 9.75. The second-order valence-electron chi connectivity index (χ2n) is 10.0. The molecule has 1 aliphatic heterocycles. The summed E-state index contributed by atoms with van der Waals surface area (Å²) in [6.07, 6.45) is 0.438. The number of anilines is 3. The Morgan fingerprint density at radius 1 is 1.17 bits per heavy atom.